The zero-order valence-electron chi connectivity index (χ0n) is 9.76. The minimum absolute atomic E-state index is 0.253. The highest BCUT2D eigenvalue weighted by atomic mass is 32.1. The number of thiophene rings is 1. The van der Waals surface area contributed by atoms with Crippen molar-refractivity contribution in [2.75, 3.05) is 0 Å². The number of carbonyl (C=O) groups excluding carboxylic acids is 1. The molecule has 82 valence electrons. The molecule has 0 fully saturated rings. The number of nitrogens with zero attached hydrogens (tertiary/aromatic N) is 1. The first-order valence-electron chi connectivity index (χ1n) is 5.25. The van der Waals surface area contributed by atoms with E-state index in [9.17, 15) is 4.79 Å². The van der Waals surface area contributed by atoms with E-state index in [0.717, 1.165) is 13.1 Å². The lowest BCUT2D eigenvalue weighted by Crippen LogP contribution is -2.35. The molecular weight excluding hydrogens is 206 g/mol. The monoisotopic (exact) mass is 223 g/mol. The van der Waals surface area contributed by atoms with Crippen LogP contribution in [-0.4, -0.2) is 10.8 Å². The van der Waals surface area contributed by atoms with Gasteiger partial charge >= 0.3 is 0 Å². The standard InChI is InChI=1S/C12H17NOS/c1-8-5-9-6-13(7-10(9)15-8)11(14)12(2,3)4/h5H,6-7H2,1-4H3. The van der Waals surface area contributed by atoms with E-state index < -0.39 is 0 Å². The Bertz CT molecular complexity index is 377. The lowest BCUT2D eigenvalue weighted by atomic mass is 9.95. The third-order valence-corrected chi connectivity index (χ3v) is 3.72. The van der Waals surface area contributed by atoms with Gasteiger partial charge in [-0.05, 0) is 18.6 Å². The van der Waals surface area contributed by atoms with Gasteiger partial charge in [0, 0.05) is 21.7 Å². The fourth-order valence-electron chi connectivity index (χ4n) is 1.94. The van der Waals surface area contributed by atoms with E-state index in [2.05, 4.69) is 13.0 Å². The molecule has 2 nitrogen and oxygen atoms in total. The SMILES string of the molecule is Cc1cc2c(s1)CN(C(=O)C(C)(C)C)C2. The average Bonchev–Trinajstić information content (AvgIpc) is 2.57. The van der Waals surface area contributed by atoms with Crippen LogP contribution in [0.25, 0.3) is 0 Å². The molecule has 0 radical (unpaired) electrons. The molecule has 2 heterocycles. The van der Waals surface area contributed by atoms with Gasteiger partial charge in [-0.1, -0.05) is 20.8 Å². The molecule has 0 N–H and O–H groups in total. The van der Waals surface area contributed by atoms with Gasteiger partial charge in [-0.25, -0.2) is 0 Å². The predicted molar refractivity (Wildman–Crippen MR) is 62.8 cm³/mol. The summed E-state index contributed by atoms with van der Waals surface area (Å²) in [5, 5.41) is 0. The highest BCUT2D eigenvalue weighted by Gasteiger charge is 2.31. The fraction of sp³-hybridized carbons (Fsp3) is 0.583. The Morgan fingerprint density at radius 2 is 2.07 bits per heavy atom. The van der Waals surface area contributed by atoms with E-state index in [4.69, 9.17) is 0 Å². The first-order chi connectivity index (χ1) is 6.88. The van der Waals surface area contributed by atoms with Crippen LogP contribution in [0.4, 0.5) is 0 Å². The molecule has 3 heteroatoms. The summed E-state index contributed by atoms with van der Waals surface area (Å²) < 4.78 is 0. The van der Waals surface area contributed by atoms with Crippen LogP contribution < -0.4 is 0 Å². The molecule has 1 aliphatic rings. The van der Waals surface area contributed by atoms with Crippen LogP contribution in [0, 0.1) is 12.3 Å². The number of hydrogen-bond donors (Lipinski definition) is 0. The van der Waals surface area contributed by atoms with Gasteiger partial charge < -0.3 is 4.90 Å². The largest absolute Gasteiger partial charge is 0.333 e. The number of fused-ring (bicyclic) bond motifs is 1. The highest BCUT2D eigenvalue weighted by Crippen LogP contribution is 2.32. The van der Waals surface area contributed by atoms with E-state index in [1.54, 1.807) is 0 Å². The highest BCUT2D eigenvalue weighted by molar-refractivity contribution is 7.12. The molecule has 0 saturated heterocycles. The van der Waals surface area contributed by atoms with Crippen LogP contribution >= 0.6 is 11.3 Å². The zero-order valence-corrected chi connectivity index (χ0v) is 10.6. The summed E-state index contributed by atoms with van der Waals surface area (Å²) in [7, 11) is 0. The second-order valence-electron chi connectivity index (χ2n) is 5.22. The summed E-state index contributed by atoms with van der Waals surface area (Å²) >= 11 is 1.81. The second kappa shape index (κ2) is 3.34. The minimum atomic E-state index is -0.261. The van der Waals surface area contributed by atoms with Gasteiger partial charge in [0.05, 0.1) is 6.54 Å². The van der Waals surface area contributed by atoms with Crippen LogP contribution in [0.2, 0.25) is 0 Å². The smallest absolute Gasteiger partial charge is 0.228 e. The average molecular weight is 223 g/mol. The topological polar surface area (TPSA) is 20.3 Å². The maximum absolute atomic E-state index is 12.0. The van der Waals surface area contributed by atoms with Crippen LogP contribution in [0.1, 0.15) is 36.1 Å². The van der Waals surface area contributed by atoms with Crippen molar-refractivity contribution in [3.63, 3.8) is 0 Å². The zero-order chi connectivity index (χ0) is 11.2. The van der Waals surface area contributed by atoms with Crippen LogP contribution in [-0.2, 0) is 17.9 Å². The maximum atomic E-state index is 12.0. The molecule has 1 aromatic rings. The predicted octanol–water partition coefficient (Wildman–Crippen LogP) is 2.94. The summed E-state index contributed by atoms with van der Waals surface area (Å²) in [6.07, 6.45) is 0. The molecule has 0 aliphatic carbocycles. The molecule has 0 bridgehead atoms. The summed E-state index contributed by atoms with van der Waals surface area (Å²) in [5.74, 6) is 0.253. The summed E-state index contributed by atoms with van der Waals surface area (Å²) in [6, 6.07) is 2.20. The number of amides is 1. The van der Waals surface area contributed by atoms with Gasteiger partial charge in [0.15, 0.2) is 0 Å². The van der Waals surface area contributed by atoms with E-state index in [1.807, 2.05) is 37.0 Å². The molecular formula is C12H17NOS. The lowest BCUT2D eigenvalue weighted by Gasteiger charge is -2.25. The van der Waals surface area contributed by atoms with Gasteiger partial charge in [0.1, 0.15) is 0 Å². The molecule has 2 rings (SSSR count). The normalized spacial score (nSPS) is 15.6. The Kier molecular flexibility index (Phi) is 2.38. The summed E-state index contributed by atoms with van der Waals surface area (Å²) in [6.45, 7) is 9.67. The third-order valence-electron chi connectivity index (χ3n) is 2.64. The van der Waals surface area contributed by atoms with Gasteiger partial charge in [-0.15, -0.1) is 11.3 Å². The minimum Gasteiger partial charge on any atom is -0.333 e. The molecule has 0 saturated carbocycles. The van der Waals surface area contributed by atoms with Gasteiger partial charge in [-0.2, -0.15) is 0 Å². The van der Waals surface area contributed by atoms with Gasteiger partial charge in [-0.3, -0.25) is 4.79 Å². The molecule has 0 spiro atoms. The van der Waals surface area contributed by atoms with E-state index in [1.165, 1.54) is 15.3 Å². The lowest BCUT2D eigenvalue weighted by molar-refractivity contribution is -0.140. The van der Waals surface area contributed by atoms with E-state index in [-0.39, 0.29) is 11.3 Å². The molecule has 0 atom stereocenters. The Hall–Kier alpha value is -0.830. The molecule has 1 aliphatic heterocycles. The molecule has 0 unspecified atom stereocenters. The van der Waals surface area contributed by atoms with Gasteiger partial charge in [0.25, 0.3) is 0 Å². The van der Waals surface area contributed by atoms with Crippen molar-refractivity contribution >= 4 is 17.2 Å². The first kappa shape index (κ1) is 10.7. The molecule has 15 heavy (non-hydrogen) atoms. The second-order valence-corrected chi connectivity index (χ2v) is 6.56. The fourth-order valence-corrected chi connectivity index (χ4v) is 3.00. The van der Waals surface area contributed by atoms with Crippen molar-refractivity contribution < 1.29 is 4.79 Å². The van der Waals surface area contributed by atoms with E-state index >= 15 is 0 Å². The number of hydrogen-bond acceptors (Lipinski definition) is 2. The first-order valence-corrected chi connectivity index (χ1v) is 6.07. The van der Waals surface area contributed by atoms with Crippen LogP contribution in [0.15, 0.2) is 6.07 Å². The Morgan fingerprint density at radius 1 is 1.40 bits per heavy atom. The molecule has 0 aromatic carbocycles. The van der Waals surface area contributed by atoms with Crippen molar-refractivity contribution in [2.24, 2.45) is 5.41 Å². The van der Waals surface area contributed by atoms with Crippen LogP contribution in [0.5, 0.6) is 0 Å². The quantitative estimate of drug-likeness (QED) is 0.662. The Balaban J connectivity index is 2.14. The Labute approximate surface area is 94.9 Å². The van der Waals surface area contributed by atoms with Crippen LogP contribution in [0.3, 0.4) is 0 Å². The summed E-state index contributed by atoms with van der Waals surface area (Å²) in [4.78, 5) is 16.7. The third kappa shape index (κ3) is 1.93. The number of rotatable bonds is 0. The van der Waals surface area contributed by atoms with Crippen molar-refractivity contribution in [1.82, 2.24) is 4.90 Å². The number of aryl methyl sites for hydroxylation is 1. The van der Waals surface area contributed by atoms with Crippen molar-refractivity contribution in [2.45, 2.75) is 40.8 Å². The van der Waals surface area contributed by atoms with Crippen molar-refractivity contribution in [1.29, 1.82) is 0 Å². The van der Waals surface area contributed by atoms with Gasteiger partial charge in [0.2, 0.25) is 5.91 Å². The number of carbonyl (C=O) groups is 1. The van der Waals surface area contributed by atoms with Crippen molar-refractivity contribution in [3.8, 4) is 0 Å². The summed E-state index contributed by atoms with van der Waals surface area (Å²) in [5.41, 5.74) is 1.08. The van der Waals surface area contributed by atoms with E-state index in [0.29, 0.717) is 0 Å². The Morgan fingerprint density at radius 3 is 2.60 bits per heavy atom. The molecule has 1 aromatic heterocycles. The van der Waals surface area contributed by atoms with Crippen molar-refractivity contribution in [3.05, 3.63) is 21.4 Å². The maximum Gasteiger partial charge on any atom is 0.228 e. The molecule has 1 amide bonds.